The van der Waals surface area contributed by atoms with Gasteiger partial charge >= 0.3 is 11.9 Å². The quantitative estimate of drug-likeness (QED) is 0.175. The first-order valence-electron chi connectivity index (χ1n) is 12.7. The van der Waals surface area contributed by atoms with Crippen LogP contribution in [0.25, 0.3) is 0 Å². The first kappa shape index (κ1) is 36.5. The second-order valence-electron chi connectivity index (χ2n) is 8.27. The van der Waals surface area contributed by atoms with Gasteiger partial charge in [-0.2, -0.15) is 0 Å². The Bertz CT molecular complexity index is 536. The normalized spacial score (nSPS) is 15.8. The summed E-state index contributed by atoms with van der Waals surface area (Å²) in [5.74, 6) is 2.64. The third-order valence-corrected chi connectivity index (χ3v) is 5.66. The van der Waals surface area contributed by atoms with Gasteiger partial charge in [0.15, 0.2) is 23.0 Å². The Morgan fingerprint density at radius 1 is 1.03 bits per heavy atom. The largest absolute Gasteiger partial charge is 0.461 e. The highest BCUT2D eigenvalue weighted by Gasteiger charge is 2.26. The number of carbonyl (C=O) groups is 2. The highest BCUT2D eigenvalue weighted by Crippen LogP contribution is 2.36. The average molecular weight is 579 g/mol. The summed E-state index contributed by atoms with van der Waals surface area (Å²) in [7, 11) is 0. The van der Waals surface area contributed by atoms with Crippen LogP contribution in [-0.4, -0.2) is 11.9 Å². The third kappa shape index (κ3) is 30.9. The molecule has 194 valence electrons. The first-order chi connectivity index (χ1) is 15.7. The van der Waals surface area contributed by atoms with Gasteiger partial charge in [0.2, 0.25) is 0 Å². The van der Waals surface area contributed by atoms with E-state index < -0.39 is 0 Å². The average Bonchev–Trinajstić information content (AvgIpc) is 3.51. The monoisotopic (exact) mass is 578 g/mol. The fourth-order valence-electron chi connectivity index (χ4n) is 2.27. The van der Waals surface area contributed by atoms with E-state index in [9.17, 15) is 9.59 Å². The molecule has 0 aliphatic heterocycles. The molecule has 0 bridgehead atoms. The Balaban J connectivity index is -0.000000369. The number of carbonyl (C=O) groups excluding carboxylic acids is 2. The van der Waals surface area contributed by atoms with Crippen LogP contribution in [-0.2, 0) is 24.0 Å². The van der Waals surface area contributed by atoms with E-state index in [4.69, 9.17) is 4.74 Å². The van der Waals surface area contributed by atoms with Gasteiger partial charge in [-0.25, -0.2) is 0 Å². The van der Waals surface area contributed by atoms with Crippen molar-refractivity contribution in [2.75, 3.05) is 0 Å². The second-order valence-corrected chi connectivity index (χ2v) is 8.71. The predicted molar refractivity (Wildman–Crippen MR) is 150 cm³/mol. The SMILES string of the molecule is CC.CC(=O)OCc1ccccc1.CC1CC1C.CCC(=O)OI.CCCCCC(C)CC. The van der Waals surface area contributed by atoms with Gasteiger partial charge in [-0.15, -0.1) is 0 Å². The number of ether oxygens (including phenoxy) is 1. The lowest BCUT2D eigenvalue weighted by Crippen LogP contribution is -1.97. The van der Waals surface area contributed by atoms with E-state index in [1.165, 1.54) is 45.4 Å². The minimum absolute atomic E-state index is 0.171. The Labute approximate surface area is 219 Å². The molecule has 1 aromatic rings. The summed E-state index contributed by atoms with van der Waals surface area (Å²) in [6.07, 6.45) is 8.93. The standard InChI is InChI=1S/C9H10O2.C9H20.C5H10.C3H5IO2.C2H6/c1-8(10)11-7-9-5-3-2-4-6-9;1-4-6-7-8-9(3)5-2;1-4-3-5(4)2;1-2-3(5)6-4;1-2/h2-6H,7H2,1H3;9H,4-8H2,1-3H3;4-5H,3H2,1-2H3;2H2,1H3;1-2H3. The van der Waals surface area contributed by atoms with Crippen LogP contribution < -0.4 is 0 Å². The van der Waals surface area contributed by atoms with Crippen molar-refractivity contribution in [1.82, 2.24) is 0 Å². The number of hydrogen-bond acceptors (Lipinski definition) is 4. The molecule has 3 atom stereocenters. The minimum atomic E-state index is -0.242. The van der Waals surface area contributed by atoms with Crippen molar-refractivity contribution in [2.45, 2.75) is 114 Å². The number of rotatable bonds is 8. The van der Waals surface area contributed by atoms with Crippen LogP contribution in [0.4, 0.5) is 0 Å². The summed E-state index contributed by atoms with van der Waals surface area (Å²) >= 11 is 1.56. The number of hydrogen-bond donors (Lipinski definition) is 0. The zero-order chi connectivity index (χ0) is 26.1. The van der Waals surface area contributed by atoms with Crippen LogP contribution >= 0.6 is 23.0 Å². The van der Waals surface area contributed by atoms with E-state index in [1.54, 1.807) is 29.9 Å². The number of unbranched alkanes of at least 4 members (excludes halogenated alkanes) is 2. The summed E-state index contributed by atoms with van der Waals surface area (Å²) in [5, 5.41) is 0. The highest BCUT2D eigenvalue weighted by molar-refractivity contribution is 14.1. The van der Waals surface area contributed by atoms with Crippen LogP contribution in [0, 0.1) is 17.8 Å². The Morgan fingerprint density at radius 2 is 1.55 bits per heavy atom. The molecule has 0 N–H and O–H groups in total. The summed E-state index contributed by atoms with van der Waals surface area (Å²) in [5.41, 5.74) is 1.02. The molecule has 0 aromatic heterocycles. The zero-order valence-electron chi connectivity index (χ0n) is 22.8. The molecule has 1 aliphatic rings. The van der Waals surface area contributed by atoms with Crippen LogP contribution in [0.1, 0.15) is 113 Å². The summed E-state index contributed by atoms with van der Waals surface area (Å²) in [6.45, 7) is 19.0. The molecule has 0 amide bonds. The number of esters is 1. The van der Waals surface area contributed by atoms with Crippen LogP contribution in [0.2, 0.25) is 0 Å². The van der Waals surface area contributed by atoms with E-state index in [0.29, 0.717) is 13.0 Å². The maximum atomic E-state index is 10.4. The molecular formula is C28H51IO4. The fraction of sp³-hybridized carbons (Fsp3) is 0.714. The van der Waals surface area contributed by atoms with Crippen molar-refractivity contribution in [1.29, 1.82) is 0 Å². The molecule has 1 aromatic carbocycles. The molecule has 1 fully saturated rings. The molecular weight excluding hydrogens is 527 g/mol. The Hall–Kier alpha value is -1.11. The second kappa shape index (κ2) is 27.1. The van der Waals surface area contributed by atoms with Gasteiger partial charge in [0.25, 0.3) is 0 Å². The molecule has 33 heavy (non-hydrogen) atoms. The van der Waals surface area contributed by atoms with Gasteiger partial charge in [0.05, 0.1) is 0 Å². The summed E-state index contributed by atoms with van der Waals surface area (Å²) in [6, 6.07) is 9.60. The van der Waals surface area contributed by atoms with Gasteiger partial charge in [-0.3, -0.25) is 9.59 Å². The van der Waals surface area contributed by atoms with Crippen molar-refractivity contribution >= 4 is 34.9 Å². The molecule has 2 rings (SSSR count). The molecule has 0 saturated heterocycles. The maximum absolute atomic E-state index is 10.4. The van der Waals surface area contributed by atoms with Crippen LogP contribution in [0.5, 0.6) is 0 Å². The highest BCUT2D eigenvalue weighted by atomic mass is 127. The smallest absolute Gasteiger partial charge is 0.314 e. The van der Waals surface area contributed by atoms with Gasteiger partial charge < -0.3 is 7.80 Å². The van der Waals surface area contributed by atoms with Crippen LogP contribution in [0.3, 0.4) is 0 Å². The van der Waals surface area contributed by atoms with Crippen molar-refractivity contribution < 1.29 is 17.4 Å². The predicted octanol–water partition coefficient (Wildman–Crippen LogP) is 9.34. The number of benzene rings is 1. The van der Waals surface area contributed by atoms with Gasteiger partial charge in [-0.05, 0) is 29.7 Å². The summed E-state index contributed by atoms with van der Waals surface area (Å²) in [4.78, 5) is 20.3. The molecule has 1 saturated carbocycles. The molecule has 0 heterocycles. The lowest BCUT2D eigenvalue weighted by Gasteiger charge is -2.05. The van der Waals surface area contributed by atoms with Crippen molar-refractivity contribution in [3.05, 3.63) is 35.9 Å². The van der Waals surface area contributed by atoms with Gasteiger partial charge in [-0.1, -0.05) is 118 Å². The van der Waals surface area contributed by atoms with E-state index >= 15 is 0 Å². The molecule has 4 nitrogen and oxygen atoms in total. The van der Waals surface area contributed by atoms with Crippen molar-refractivity contribution in [3.8, 4) is 0 Å². The lowest BCUT2D eigenvalue weighted by molar-refractivity contribution is -0.142. The first-order valence-corrected chi connectivity index (χ1v) is 13.6. The van der Waals surface area contributed by atoms with E-state index in [-0.39, 0.29) is 11.9 Å². The lowest BCUT2D eigenvalue weighted by atomic mass is 10.0. The van der Waals surface area contributed by atoms with E-state index in [2.05, 4.69) is 37.7 Å². The topological polar surface area (TPSA) is 52.6 Å². The fourth-order valence-corrected chi connectivity index (χ4v) is 2.58. The molecule has 5 heteroatoms. The molecule has 0 spiro atoms. The van der Waals surface area contributed by atoms with Crippen molar-refractivity contribution in [2.24, 2.45) is 17.8 Å². The molecule has 0 radical (unpaired) electrons. The summed E-state index contributed by atoms with van der Waals surface area (Å²) < 4.78 is 9.02. The Kier molecular flexibility index (Phi) is 30.0. The maximum Gasteiger partial charge on any atom is 0.314 e. The third-order valence-electron chi connectivity index (χ3n) is 5.17. The van der Waals surface area contributed by atoms with Crippen molar-refractivity contribution in [3.63, 3.8) is 0 Å². The van der Waals surface area contributed by atoms with E-state index in [1.807, 2.05) is 44.2 Å². The molecule has 3 unspecified atom stereocenters. The van der Waals surface area contributed by atoms with E-state index in [0.717, 1.165) is 23.3 Å². The molecule has 1 aliphatic carbocycles. The Morgan fingerprint density at radius 3 is 1.85 bits per heavy atom. The van der Waals surface area contributed by atoms with Crippen LogP contribution in [0.15, 0.2) is 30.3 Å². The minimum Gasteiger partial charge on any atom is -0.461 e. The van der Waals surface area contributed by atoms with Gasteiger partial charge in [0.1, 0.15) is 6.61 Å². The number of halogens is 1. The zero-order valence-corrected chi connectivity index (χ0v) is 24.9. The van der Waals surface area contributed by atoms with Gasteiger partial charge in [0, 0.05) is 13.3 Å².